The van der Waals surface area contributed by atoms with Gasteiger partial charge in [0.2, 0.25) is 0 Å². The van der Waals surface area contributed by atoms with Gasteiger partial charge in [-0.2, -0.15) is 0 Å². The lowest BCUT2D eigenvalue weighted by Gasteiger charge is -2.18. The van der Waals surface area contributed by atoms with Crippen molar-refractivity contribution in [2.75, 3.05) is 13.2 Å². The first-order chi connectivity index (χ1) is 28.5. The number of carbonyl (C=O) groups excluding carboxylic acids is 3. The van der Waals surface area contributed by atoms with E-state index in [-0.39, 0.29) is 31.1 Å². The van der Waals surface area contributed by atoms with Crippen LogP contribution >= 0.6 is 0 Å². The zero-order chi connectivity index (χ0) is 42.3. The molecule has 0 aliphatic heterocycles. The van der Waals surface area contributed by atoms with E-state index in [9.17, 15) is 14.4 Å². The summed E-state index contributed by atoms with van der Waals surface area (Å²) in [5, 5.41) is 0. The monoisotopic (exact) mass is 815 g/mol. The molecule has 0 amide bonds. The molecule has 0 aromatic carbocycles. The maximum atomic E-state index is 12.6. The van der Waals surface area contributed by atoms with E-state index in [1.165, 1.54) is 148 Å². The zero-order valence-electron chi connectivity index (χ0n) is 38.6. The van der Waals surface area contributed by atoms with Crippen LogP contribution in [0.5, 0.6) is 0 Å². The topological polar surface area (TPSA) is 78.9 Å². The molecular weight excluding hydrogens is 721 g/mol. The van der Waals surface area contributed by atoms with Crippen molar-refractivity contribution in [3.63, 3.8) is 0 Å². The molecule has 6 nitrogen and oxygen atoms in total. The quantitative estimate of drug-likeness (QED) is 0.0264. The Bertz CT molecular complexity index is 984. The van der Waals surface area contributed by atoms with Crippen LogP contribution in [0.1, 0.15) is 258 Å². The fourth-order valence-electron chi connectivity index (χ4n) is 7.10. The average molecular weight is 815 g/mol. The van der Waals surface area contributed by atoms with E-state index in [1.54, 1.807) is 0 Å². The van der Waals surface area contributed by atoms with Gasteiger partial charge in [-0.15, -0.1) is 0 Å². The number of rotatable bonds is 45. The van der Waals surface area contributed by atoms with Gasteiger partial charge < -0.3 is 14.2 Å². The second-order valence-corrected chi connectivity index (χ2v) is 16.7. The van der Waals surface area contributed by atoms with Gasteiger partial charge in [0, 0.05) is 19.3 Å². The third kappa shape index (κ3) is 44.7. The summed E-state index contributed by atoms with van der Waals surface area (Å²) in [7, 11) is 0. The van der Waals surface area contributed by atoms with Crippen LogP contribution in [0.2, 0.25) is 0 Å². The summed E-state index contributed by atoms with van der Waals surface area (Å²) >= 11 is 0. The Hall–Kier alpha value is -2.37. The predicted octanol–water partition coefficient (Wildman–Crippen LogP) is 16.1. The molecular formula is C52H94O6. The highest BCUT2D eigenvalue weighted by molar-refractivity contribution is 5.71. The van der Waals surface area contributed by atoms with E-state index in [0.29, 0.717) is 19.3 Å². The van der Waals surface area contributed by atoms with Crippen molar-refractivity contribution in [1.82, 2.24) is 0 Å². The summed E-state index contributed by atoms with van der Waals surface area (Å²) < 4.78 is 16.6. The highest BCUT2D eigenvalue weighted by Gasteiger charge is 2.19. The summed E-state index contributed by atoms with van der Waals surface area (Å²) in [6.07, 6.45) is 54.5. The van der Waals surface area contributed by atoms with Crippen LogP contribution in [0.15, 0.2) is 36.5 Å². The van der Waals surface area contributed by atoms with Gasteiger partial charge in [-0.3, -0.25) is 14.4 Å². The van der Waals surface area contributed by atoms with E-state index < -0.39 is 6.10 Å². The molecule has 0 aromatic rings. The summed E-state index contributed by atoms with van der Waals surface area (Å²) in [6.45, 7) is 6.56. The highest BCUT2D eigenvalue weighted by atomic mass is 16.6. The van der Waals surface area contributed by atoms with Gasteiger partial charge >= 0.3 is 17.9 Å². The molecule has 0 aliphatic rings. The van der Waals surface area contributed by atoms with Crippen molar-refractivity contribution in [3.8, 4) is 0 Å². The van der Waals surface area contributed by atoms with Crippen LogP contribution < -0.4 is 0 Å². The Kier molecular flexibility index (Phi) is 45.4. The maximum Gasteiger partial charge on any atom is 0.306 e. The van der Waals surface area contributed by atoms with Crippen molar-refractivity contribution in [2.45, 2.75) is 264 Å². The minimum absolute atomic E-state index is 0.0710. The number of hydrogen-bond acceptors (Lipinski definition) is 6. The van der Waals surface area contributed by atoms with E-state index in [1.807, 2.05) is 0 Å². The van der Waals surface area contributed by atoms with Crippen molar-refractivity contribution in [2.24, 2.45) is 0 Å². The van der Waals surface area contributed by atoms with E-state index in [0.717, 1.165) is 70.6 Å². The molecule has 0 N–H and O–H groups in total. The number of ether oxygens (including phenoxy) is 3. The van der Waals surface area contributed by atoms with Crippen molar-refractivity contribution in [1.29, 1.82) is 0 Å². The summed E-state index contributed by atoms with van der Waals surface area (Å²) in [5.41, 5.74) is 0. The lowest BCUT2D eigenvalue weighted by atomic mass is 10.1. The normalized spacial score (nSPS) is 12.3. The summed E-state index contributed by atoms with van der Waals surface area (Å²) in [6, 6.07) is 0. The molecule has 1 unspecified atom stereocenters. The minimum Gasteiger partial charge on any atom is -0.462 e. The first-order valence-electron chi connectivity index (χ1n) is 25.0. The summed E-state index contributed by atoms with van der Waals surface area (Å²) in [5.74, 6) is -0.881. The second kappa shape index (κ2) is 47.3. The van der Waals surface area contributed by atoms with Gasteiger partial charge in [-0.05, 0) is 57.8 Å². The third-order valence-corrected chi connectivity index (χ3v) is 10.9. The van der Waals surface area contributed by atoms with Crippen LogP contribution in [0, 0.1) is 0 Å². The molecule has 0 saturated carbocycles. The largest absolute Gasteiger partial charge is 0.462 e. The number of hydrogen-bond donors (Lipinski definition) is 0. The van der Waals surface area contributed by atoms with Crippen LogP contribution in [0.3, 0.4) is 0 Å². The smallest absolute Gasteiger partial charge is 0.306 e. The molecule has 0 rings (SSSR count). The fraction of sp³-hybridized carbons (Fsp3) is 0.827. The predicted molar refractivity (Wildman–Crippen MR) is 247 cm³/mol. The molecule has 58 heavy (non-hydrogen) atoms. The van der Waals surface area contributed by atoms with Crippen LogP contribution in [-0.4, -0.2) is 37.2 Å². The molecule has 0 spiro atoms. The van der Waals surface area contributed by atoms with Crippen LogP contribution in [0.4, 0.5) is 0 Å². The van der Waals surface area contributed by atoms with E-state index in [2.05, 4.69) is 57.2 Å². The molecule has 0 bridgehead atoms. The van der Waals surface area contributed by atoms with Crippen molar-refractivity contribution >= 4 is 17.9 Å². The zero-order valence-corrected chi connectivity index (χ0v) is 38.6. The summed E-state index contributed by atoms with van der Waals surface area (Å²) in [4.78, 5) is 37.5. The fourth-order valence-corrected chi connectivity index (χ4v) is 7.10. The van der Waals surface area contributed by atoms with E-state index >= 15 is 0 Å². The Morgan fingerprint density at radius 1 is 0.345 bits per heavy atom. The third-order valence-electron chi connectivity index (χ3n) is 10.9. The number of carbonyl (C=O) groups is 3. The SMILES string of the molecule is CCCCCCC/C=C\C/C=C\C/C=C\CCCCCCCCCCCCC(=O)OCC(COC(=O)CCCCCCCCC)OC(=O)CCCCCCCCCC. The van der Waals surface area contributed by atoms with Gasteiger partial charge in [-0.25, -0.2) is 0 Å². The number of esters is 3. The Labute approximate surface area is 359 Å². The second-order valence-electron chi connectivity index (χ2n) is 16.7. The molecule has 1 atom stereocenters. The molecule has 0 radical (unpaired) electrons. The first kappa shape index (κ1) is 55.6. The minimum atomic E-state index is -0.764. The molecule has 338 valence electrons. The molecule has 0 heterocycles. The first-order valence-corrected chi connectivity index (χ1v) is 25.0. The van der Waals surface area contributed by atoms with E-state index in [4.69, 9.17) is 14.2 Å². The van der Waals surface area contributed by atoms with Gasteiger partial charge in [0.1, 0.15) is 13.2 Å². The molecule has 0 aliphatic carbocycles. The average Bonchev–Trinajstić information content (AvgIpc) is 3.22. The molecule has 0 aromatic heterocycles. The number of allylic oxidation sites excluding steroid dienone is 6. The Morgan fingerprint density at radius 3 is 0.966 bits per heavy atom. The van der Waals surface area contributed by atoms with Gasteiger partial charge in [0.25, 0.3) is 0 Å². The number of unbranched alkanes of at least 4 members (excludes halogenated alkanes) is 28. The molecule has 0 saturated heterocycles. The van der Waals surface area contributed by atoms with Gasteiger partial charge in [0.05, 0.1) is 0 Å². The van der Waals surface area contributed by atoms with Crippen molar-refractivity contribution in [3.05, 3.63) is 36.5 Å². The van der Waals surface area contributed by atoms with Crippen LogP contribution in [-0.2, 0) is 28.6 Å². The highest BCUT2D eigenvalue weighted by Crippen LogP contribution is 2.15. The lowest BCUT2D eigenvalue weighted by Crippen LogP contribution is -2.30. The van der Waals surface area contributed by atoms with Gasteiger partial charge in [0.15, 0.2) is 6.10 Å². The van der Waals surface area contributed by atoms with Crippen molar-refractivity contribution < 1.29 is 28.6 Å². The van der Waals surface area contributed by atoms with Crippen LogP contribution in [0.25, 0.3) is 0 Å². The molecule has 0 fully saturated rings. The Balaban J connectivity index is 4.06. The molecule has 6 heteroatoms. The lowest BCUT2D eigenvalue weighted by molar-refractivity contribution is -0.167. The van der Waals surface area contributed by atoms with Gasteiger partial charge in [-0.1, -0.05) is 218 Å². The Morgan fingerprint density at radius 2 is 0.621 bits per heavy atom. The maximum absolute atomic E-state index is 12.6. The standard InChI is InChI=1S/C52H94O6/c1-4-7-10-13-16-18-19-20-21-22-23-24-25-26-27-28-29-30-31-32-33-34-37-39-42-45-51(54)57-48-49(47-56-50(53)44-41-38-35-15-12-9-6-3)58-52(55)46-43-40-36-17-14-11-8-5-2/h19-20,22-23,25-26,49H,4-18,21,24,27-48H2,1-3H3/b20-19-,23-22-,26-25-.